The fourth-order valence-corrected chi connectivity index (χ4v) is 5.04. The second-order valence-electron chi connectivity index (χ2n) is 5.42. The Bertz CT molecular complexity index is 907. The monoisotopic (exact) mass is 349 g/mol. The van der Waals surface area contributed by atoms with Crippen LogP contribution >= 0.6 is 11.3 Å². The minimum Gasteiger partial charge on any atom is -0.372 e. The second kappa shape index (κ2) is 5.63. The van der Waals surface area contributed by atoms with Gasteiger partial charge in [-0.2, -0.15) is 5.10 Å². The molecule has 1 aliphatic rings. The lowest BCUT2D eigenvalue weighted by Gasteiger charge is -2.04. The summed E-state index contributed by atoms with van der Waals surface area (Å²) in [5, 5.41) is 7.80. The predicted octanol–water partition coefficient (Wildman–Crippen LogP) is 3.28. The number of H-pyrrole nitrogens is 1. The van der Waals surface area contributed by atoms with E-state index in [0.29, 0.717) is 0 Å². The van der Waals surface area contributed by atoms with Crippen molar-refractivity contribution in [3.8, 4) is 0 Å². The van der Waals surface area contributed by atoms with Gasteiger partial charge in [0.05, 0.1) is 11.8 Å². The quantitative estimate of drug-likeness (QED) is 0.757. The Morgan fingerprint density at radius 1 is 1.30 bits per heavy atom. The first-order valence-electron chi connectivity index (χ1n) is 7.30. The average Bonchev–Trinajstić information content (AvgIpc) is 3.26. The zero-order valence-electron chi connectivity index (χ0n) is 12.2. The van der Waals surface area contributed by atoms with Gasteiger partial charge in [-0.15, -0.1) is 11.3 Å². The molecular formula is C15H15N3O3S2. The summed E-state index contributed by atoms with van der Waals surface area (Å²) >= 11 is 1.24. The summed E-state index contributed by atoms with van der Waals surface area (Å²) in [6, 6.07) is 11.0. The summed E-state index contributed by atoms with van der Waals surface area (Å²) in [4.78, 5) is 0. The third-order valence-corrected chi connectivity index (χ3v) is 6.73. The molecule has 6 nitrogen and oxygen atoms in total. The molecule has 0 aliphatic carbocycles. The van der Waals surface area contributed by atoms with Crippen LogP contribution in [0, 0.1) is 0 Å². The van der Waals surface area contributed by atoms with Gasteiger partial charge in [-0.1, -0.05) is 18.2 Å². The molecule has 8 heteroatoms. The van der Waals surface area contributed by atoms with E-state index in [-0.39, 0.29) is 16.1 Å². The zero-order chi connectivity index (χ0) is 15.9. The summed E-state index contributed by atoms with van der Waals surface area (Å²) in [5.74, 6) is 0.285. The van der Waals surface area contributed by atoms with Crippen LogP contribution in [0.1, 0.15) is 24.6 Å². The summed E-state index contributed by atoms with van der Waals surface area (Å²) < 4.78 is 34.3. The largest absolute Gasteiger partial charge is 0.372 e. The lowest BCUT2D eigenvalue weighted by atomic mass is 10.2. The van der Waals surface area contributed by atoms with Crippen molar-refractivity contribution in [2.45, 2.75) is 23.2 Å². The number of benzene rings is 1. The summed E-state index contributed by atoms with van der Waals surface area (Å²) in [6.45, 7) is 0.729. The van der Waals surface area contributed by atoms with Crippen LogP contribution in [0.4, 0.5) is 5.82 Å². The molecular weight excluding hydrogens is 334 g/mol. The Balaban J connectivity index is 1.59. The lowest BCUT2D eigenvalue weighted by Crippen LogP contribution is -2.11. The molecule has 4 rings (SSSR count). The molecule has 0 spiro atoms. The van der Waals surface area contributed by atoms with E-state index in [1.165, 1.54) is 11.3 Å². The van der Waals surface area contributed by atoms with Crippen molar-refractivity contribution >= 4 is 37.3 Å². The van der Waals surface area contributed by atoms with Crippen LogP contribution in [0.25, 0.3) is 10.1 Å². The molecule has 1 fully saturated rings. The van der Waals surface area contributed by atoms with Crippen molar-refractivity contribution in [2.75, 3.05) is 11.3 Å². The number of nitrogens with one attached hydrogen (secondary N) is 2. The highest BCUT2D eigenvalue weighted by molar-refractivity contribution is 7.94. The minimum atomic E-state index is -3.64. The Hall–Kier alpha value is -1.90. The molecule has 1 aromatic carbocycles. The van der Waals surface area contributed by atoms with Crippen LogP contribution in [-0.2, 0) is 14.8 Å². The van der Waals surface area contributed by atoms with Crippen molar-refractivity contribution in [1.29, 1.82) is 0 Å². The Labute approximate surface area is 137 Å². The fourth-order valence-electron chi connectivity index (χ4n) is 2.65. The van der Waals surface area contributed by atoms with Crippen molar-refractivity contribution in [1.82, 2.24) is 10.2 Å². The maximum Gasteiger partial charge on any atom is 0.272 e. The average molecular weight is 349 g/mol. The molecule has 0 amide bonds. The number of hydrogen-bond donors (Lipinski definition) is 2. The summed E-state index contributed by atoms with van der Waals surface area (Å²) in [6.07, 6.45) is 1.90. The first-order chi connectivity index (χ1) is 11.1. The van der Waals surface area contributed by atoms with Gasteiger partial charge in [0.2, 0.25) is 0 Å². The topological polar surface area (TPSA) is 84.1 Å². The van der Waals surface area contributed by atoms with Crippen LogP contribution in [0.15, 0.2) is 40.6 Å². The Morgan fingerprint density at radius 2 is 2.17 bits per heavy atom. The molecule has 0 bridgehead atoms. The Kier molecular flexibility index (Phi) is 3.59. The number of sulfonamides is 1. The molecule has 3 heterocycles. The van der Waals surface area contributed by atoms with E-state index in [9.17, 15) is 8.42 Å². The van der Waals surface area contributed by atoms with Gasteiger partial charge >= 0.3 is 0 Å². The number of hydrogen-bond acceptors (Lipinski definition) is 5. The van der Waals surface area contributed by atoms with E-state index in [2.05, 4.69) is 14.9 Å². The van der Waals surface area contributed by atoms with Crippen molar-refractivity contribution in [2.24, 2.45) is 0 Å². The van der Waals surface area contributed by atoms with E-state index in [0.717, 1.165) is 35.2 Å². The number of aromatic amines is 1. The van der Waals surface area contributed by atoms with Gasteiger partial charge in [0.25, 0.3) is 10.0 Å². The molecule has 120 valence electrons. The number of anilines is 1. The third kappa shape index (κ3) is 2.85. The van der Waals surface area contributed by atoms with Gasteiger partial charge in [-0.3, -0.25) is 9.82 Å². The van der Waals surface area contributed by atoms with Crippen LogP contribution in [0.3, 0.4) is 0 Å². The highest BCUT2D eigenvalue weighted by Gasteiger charge is 2.22. The van der Waals surface area contributed by atoms with Crippen LogP contribution in [-0.4, -0.2) is 25.2 Å². The van der Waals surface area contributed by atoms with E-state index in [1.807, 2.05) is 24.3 Å². The number of ether oxygens (including phenoxy) is 1. The molecule has 0 radical (unpaired) electrons. The molecule has 1 aliphatic heterocycles. The van der Waals surface area contributed by atoms with Gasteiger partial charge < -0.3 is 4.74 Å². The highest BCUT2D eigenvalue weighted by atomic mass is 32.2. The number of thiophene rings is 1. The van der Waals surface area contributed by atoms with Crippen molar-refractivity contribution < 1.29 is 13.2 Å². The standard InChI is InChI=1S/C15H15N3O3S2/c19-23(20,15-8-10-4-1-2-6-13(10)22-15)18-14-9-11(16-17-14)12-5-3-7-21-12/h1-2,4,6,8-9,12H,3,5,7H2,(H2,16,17,18). The zero-order valence-corrected chi connectivity index (χ0v) is 13.8. The van der Waals surface area contributed by atoms with Crippen LogP contribution in [0.5, 0.6) is 0 Å². The first-order valence-corrected chi connectivity index (χ1v) is 9.60. The van der Waals surface area contributed by atoms with Gasteiger partial charge in [0.1, 0.15) is 4.21 Å². The normalized spacial score (nSPS) is 18.5. The van der Waals surface area contributed by atoms with Gasteiger partial charge in [-0.25, -0.2) is 8.42 Å². The number of nitrogens with zero attached hydrogens (tertiary/aromatic N) is 1. The fraction of sp³-hybridized carbons (Fsp3) is 0.267. The molecule has 23 heavy (non-hydrogen) atoms. The smallest absolute Gasteiger partial charge is 0.272 e. The Morgan fingerprint density at radius 3 is 2.96 bits per heavy atom. The third-order valence-electron chi connectivity index (χ3n) is 3.78. The summed E-state index contributed by atoms with van der Waals surface area (Å²) in [7, 11) is -3.64. The van der Waals surface area contributed by atoms with E-state index in [1.54, 1.807) is 12.1 Å². The SMILES string of the molecule is O=S(=O)(Nc1cc(C2CCCO2)[nH]n1)c1cc2ccccc2s1. The van der Waals surface area contributed by atoms with Gasteiger partial charge in [0.15, 0.2) is 5.82 Å². The molecule has 1 atom stereocenters. The predicted molar refractivity (Wildman–Crippen MR) is 89.1 cm³/mol. The summed E-state index contributed by atoms with van der Waals surface area (Å²) in [5.41, 5.74) is 0.802. The molecule has 0 saturated carbocycles. The van der Waals surface area contributed by atoms with Crippen molar-refractivity contribution in [3.63, 3.8) is 0 Å². The molecule has 1 unspecified atom stereocenters. The minimum absolute atomic E-state index is 0.0231. The van der Waals surface area contributed by atoms with Gasteiger partial charge in [-0.05, 0) is 30.4 Å². The number of fused-ring (bicyclic) bond motifs is 1. The first kappa shape index (κ1) is 14.7. The molecule has 2 aromatic heterocycles. The van der Waals surface area contributed by atoms with Crippen LogP contribution in [0.2, 0.25) is 0 Å². The lowest BCUT2D eigenvalue weighted by molar-refractivity contribution is 0.108. The van der Waals surface area contributed by atoms with Gasteiger partial charge in [0, 0.05) is 17.4 Å². The number of aromatic nitrogens is 2. The van der Waals surface area contributed by atoms with Crippen molar-refractivity contribution in [3.05, 3.63) is 42.1 Å². The molecule has 1 saturated heterocycles. The van der Waals surface area contributed by atoms with E-state index < -0.39 is 10.0 Å². The maximum absolute atomic E-state index is 12.5. The highest BCUT2D eigenvalue weighted by Crippen LogP contribution is 2.31. The number of rotatable bonds is 4. The van der Waals surface area contributed by atoms with Crippen LogP contribution < -0.4 is 4.72 Å². The van der Waals surface area contributed by atoms with E-state index >= 15 is 0 Å². The molecule has 2 N–H and O–H groups in total. The molecule has 3 aromatic rings. The van der Waals surface area contributed by atoms with E-state index in [4.69, 9.17) is 4.74 Å². The second-order valence-corrected chi connectivity index (χ2v) is 8.41. The maximum atomic E-state index is 12.5.